The molecule has 1 rings (SSSR count). The summed E-state index contributed by atoms with van der Waals surface area (Å²) in [5.41, 5.74) is 0.743. The summed E-state index contributed by atoms with van der Waals surface area (Å²) < 4.78 is 35.5. The molecule has 0 saturated carbocycles. The molecular weight excluding hydrogens is 277 g/mol. The first-order valence-electron chi connectivity index (χ1n) is 5.67. The summed E-state index contributed by atoms with van der Waals surface area (Å²) in [6, 6.07) is 3.93. The van der Waals surface area contributed by atoms with Crippen LogP contribution in [-0.2, 0) is 16.3 Å². The SMILES string of the molecule is CCNC(Cc1ccc(F)cc1Cl)CS(C)(=O)=O. The van der Waals surface area contributed by atoms with E-state index in [1.54, 1.807) is 6.07 Å². The second-order valence-corrected chi connectivity index (χ2v) is 6.88. The smallest absolute Gasteiger partial charge is 0.148 e. The fourth-order valence-corrected chi connectivity index (χ4v) is 3.01. The van der Waals surface area contributed by atoms with Crippen LogP contribution < -0.4 is 5.32 Å². The Morgan fingerprint density at radius 1 is 1.44 bits per heavy atom. The minimum atomic E-state index is -3.07. The van der Waals surface area contributed by atoms with Gasteiger partial charge in [-0.25, -0.2) is 12.8 Å². The monoisotopic (exact) mass is 293 g/mol. The molecule has 0 aliphatic heterocycles. The quantitative estimate of drug-likeness (QED) is 0.873. The van der Waals surface area contributed by atoms with Crippen molar-refractivity contribution in [3.05, 3.63) is 34.6 Å². The zero-order valence-electron chi connectivity index (χ0n) is 10.4. The van der Waals surface area contributed by atoms with Crippen molar-refractivity contribution in [2.24, 2.45) is 0 Å². The van der Waals surface area contributed by atoms with Gasteiger partial charge in [0.25, 0.3) is 0 Å². The van der Waals surface area contributed by atoms with E-state index in [1.165, 1.54) is 18.4 Å². The van der Waals surface area contributed by atoms with Crippen LogP contribution in [0.5, 0.6) is 0 Å². The Kier molecular flexibility index (Phi) is 5.56. The third-order valence-electron chi connectivity index (χ3n) is 2.48. The van der Waals surface area contributed by atoms with Gasteiger partial charge in [-0.1, -0.05) is 24.6 Å². The number of sulfone groups is 1. The van der Waals surface area contributed by atoms with E-state index < -0.39 is 15.7 Å². The fourth-order valence-electron chi connectivity index (χ4n) is 1.80. The lowest BCUT2D eigenvalue weighted by Gasteiger charge is -2.17. The molecule has 0 aliphatic carbocycles. The maximum Gasteiger partial charge on any atom is 0.148 e. The number of likely N-dealkylation sites (N-methyl/N-ethyl adjacent to an activating group) is 1. The van der Waals surface area contributed by atoms with Crippen LogP contribution in [0.25, 0.3) is 0 Å². The zero-order chi connectivity index (χ0) is 13.8. The Morgan fingerprint density at radius 2 is 2.11 bits per heavy atom. The second kappa shape index (κ2) is 6.50. The van der Waals surface area contributed by atoms with Crippen molar-refractivity contribution in [1.29, 1.82) is 0 Å². The second-order valence-electron chi connectivity index (χ2n) is 4.29. The van der Waals surface area contributed by atoms with E-state index in [1.807, 2.05) is 6.92 Å². The van der Waals surface area contributed by atoms with E-state index in [0.717, 1.165) is 5.56 Å². The van der Waals surface area contributed by atoms with Crippen LogP contribution in [0.1, 0.15) is 12.5 Å². The van der Waals surface area contributed by atoms with Crippen LogP contribution in [0.2, 0.25) is 5.02 Å². The summed E-state index contributed by atoms with van der Waals surface area (Å²) in [7, 11) is -3.07. The molecule has 0 fully saturated rings. The summed E-state index contributed by atoms with van der Waals surface area (Å²) in [5, 5.41) is 3.42. The van der Waals surface area contributed by atoms with E-state index in [2.05, 4.69) is 5.32 Å². The van der Waals surface area contributed by atoms with E-state index in [4.69, 9.17) is 11.6 Å². The fraction of sp³-hybridized carbons (Fsp3) is 0.500. The molecule has 0 amide bonds. The third-order valence-corrected chi connectivity index (χ3v) is 3.84. The molecule has 0 bridgehead atoms. The molecule has 1 aromatic rings. The first-order chi connectivity index (χ1) is 8.31. The molecule has 0 spiro atoms. The first-order valence-corrected chi connectivity index (χ1v) is 8.10. The summed E-state index contributed by atoms with van der Waals surface area (Å²) in [4.78, 5) is 0. The first kappa shape index (κ1) is 15.4. The van der Waals surface area contributed by atoms with Crippen LogP contribution in [0.3, 0.4) is 0 Å². The average molecular weight is 294 g/mol. The van der Waals surface area contributed by atoms with Gasteiger partial charge in [-0.2, -0.15) is 0 Å². The highest BCUT2D eigenvalue weighted by molar-refractivity contribution is 7.90. The molecule has 0 saturated heterocycles. The molecule has 0 heterocycles. The van der Waals surface area contributed by atoms with Gasteiger partial charge in [-0.15, -0.1) is 0 Å². The van der Waals surface area contributed by atoms with Crippen LogP contribution >= 0.6 is 11.6 Å². The van der Waals surface area contributed by atoms with Gasteiger partial charge in [0.1, 0.15) is 15.7 Å². The molecule has 1 unspecified atom stereocenters. The maximum absolute atomic E-state index is 12.9. The summed E-state index contributed by atoms with van der Waals surface area (Å²) in [6.07, 6.45) is 1.66. The lowest BCUT2D eigenvalue weighted by molar-refractivity contribution is 0.544. The highest BCUT2D eigenvalue weighted by Crippen LogP contribution is 2.19. The van der Waals surface area contributed by atoms with Crippen molar-refractivity contribution in [2.75, 3.05) is 18.6 Å². The molecular formula is C12H17ClFNO2S. The lowest BCUT2D eigenvalue weighted by Crippen LogP contribution is -2.37. The van der Waals surface area contributed by atoms with E-state index in [9.17, 15) is 12.8 Å². The van der Waals surface area contributed by atoms with Crippen LogP contribution in [0.15, 0.2) is 18.2 Å². The highest BCUT2D eigenvalue weighted by Gasteiger charge is 2.16. The molecule has 1 N–H and O–H groups in total. The van der Waals surface area contributed by atoms with Gasteiger partial charge in [0.15, 0.2) is 0 Å². The predicted octanol–water partition coefficient (Wildman–Crippen LogP) is 2.04. The minimum absolute atomic E-state index is 0.0363. The van der Waals surface area contributed by atoms with Crippen LogP contribution in [0.4, 0.5) is 4.39 Å². The number of nitrogens with one attached hydrogen (secondary N) is 1. The van der Waals surface area contributed by atoms with Gasteiger partial charge in [-0.3, -0.25) is 0 Å². The molecule has 18 heavy (non-hydrogen) atoms. The van der Waals surface area contributed by atoms with Crippen molar-refractivity contribution in [3.63, 3.8) is 0 Å². The highest BCUT2D eigenvalue weighted by atomic mass is 35.5. The van der Waals surface area contributed by atoms with Gasteiger partial charge >= 0.3 is 0 Å². The summed E-state index contributed by atoms with van der Waals surface area (Å²) in [6.45, 7) is 2.57. The Bertz CT molecular complexity index is 505. The van der Waals surface area contributed by atoms with Crippen LogP contribution in [0, 0.1) is 5.82 Å². The van der Waals surface area contributed by atoms with Gasteiger partial charge in [0.05, 0.1) is 5.75 Å². The molecule has 3 nitrogen and oxygen atoms in total. The van der Waals surface area contributed by atoms with Gasteiger partial charge in [0, 0.05) is 17.3 Å². The maximum atomic E-state index is 12.9. The van der Waals surface area contributed by atoms with E-state index in [-0.39, 0.29) is 11.8 Å². The van der Waals surface area contributed by atoms with Gasteiger partial charge < -0.3 is 5.32 Å². The Labute approximate surface area is 112 Å². The van der Waals surface area contributed by atoms with Gasteiger partial charge in [-0.05, 0) is 30.7 Å². The van der Waals surface area contributed by atoms with Crippen molar-refractivity contribution in [2.45, 2.75) is 19.4 Å². The van der Waals surface area contributed by atoms with E-state index >= 15 is 0 Å². The molecule has 102 valence electrons. The molecule has 1 aromatic carbocycles. The predicted molar refractivity (Wildman–Crippen MR) is 72.3 cm³/mol. The number of benzene rings is 1. The van der Waals surface area contributed by atoms with Crippen molar-refractivity contribution in [3.8, 4) is 0 Å². The Hall–Kier alpha value is -0.650. The van der Waals surface area contributed by atoms with E-state index in [0.29, 0.717) is 18.0 Å². The zero-order valence-corrected chi connectivity index (χ0v) is 12.0. The number of halogens is 2. The molecule has 0 radical (unpaired) electrons. The topological polar surface area (TPSA) is 46.2 Å². The average Bonchev–Trinajstić information content (AvgIpc) is 2.20. The summed E-state index contributed by atoms with van der Waals surface area (Å²) >= 11 is 5.93. The number of hydrogen-bond donors (Lipinski definition) is 1. The van der Waals surface area contributed by atoms with Crippen LogP contribution in [-0.4, -0.2) is 33.0 Å². The summed E-state index contributed by atoms with van der Waals surface area (Å²) in [5.74, 6) is -0.360. The largest absolute Gasteiger partial charge is 0.313 e. The molecule has 6 heteroatoms. The minimum Gasteiger partial charge on any atom is -0.313 e. The van der Waals surface area contributed by atoms with Crippen molar-refractivity contribution < 1.29 is 12.8 Å². The Morgan fingerprint density at radius 3 is 2.61 bits per heavy atom. The normalized spacial score (nSPS) is 13.6. The molecule has 0 aromatic heterocycles. The van der Waals surface area contributed by atoms with Crippen molar-refractivity contribution in [1.82, 2.24) is 5.32 Å². The lowest BCUT2D eigenvalue weighted by atomic mass is 10.1. The molecule has 0 aliphatic rings. The Balaban J connectivity index is 2.82. The standard InChI is InChI=1S/C12H17ClFNO2S/c1-3-15-11(8-18(2,16)17)6-9-4-5-10(14)7-12(9)13/h4-5,7,11,15H,3,6,8H2,1-2H3. The van der Waals surface area contributed by atoms with Gasteiger partial charge in [0.2, 0.25) is 0 Å². The van der Waals surface area contributed by atoms with Crippen molar-refractivity contribution >= 4 is 21.4 Å². The third kappa shape index (κ3) is 5.33. The number of rotatable bonds is 6. The molecule has 1 atom stereocenters. The number of hydrogen-bond acceptors (Lipinski definition) is 3.